The van der Waals surface area contributed by atoms with E-state index in [0.717, 1.165) is 65.1 Å². The molecule has 0 bridgehead atoms. The third-order valence-electron chi connectivity index (χ3n) is 7.34. The lowest BCUT2D eigenvalue weighted by molar-refractivity contribution is 0.104. The number of piperidine rings is 1. The zero-order chi connectivity index (χ0) is 20.9. The summed E-state index contributed by atoms with van der Waals surface area (Å²) in [6.07, 6.45) is 8.58. The van der Waals surface area contributed by atoms with Gasteiger partial charge in [-0.15, -0.1) is 0 Å². The van der Waals surface area contributed by atoms with Gasteiger partial charge < -0.3 is 14.7 Å². The number of hydrogen-bond donors (Lipinski definition) is 1. The number of ketones is 1. The van der Waals surface area contributed by atoms with Gasteiger partial charge in [0, 0.05) is 35.9 Å². The lowest BCUT2D eigenvalue weighted by Gasteiger charge is -2.34. The van der Waals surface area contributed by atoms with Gasteiger partial charge in [-0.3, -0.25) is 4.79 Å². The Hall–Kier alpha value is -2.82. The fourth-order valence-corrected chi connectivity index (χ4v) is 5.77. The van der Waals surface area contributed by atoms with Gasteiger partial charge in [0.05, 0.1) is 16.6 Å². The maximum Gasteiger partial charge on any atom is 0.196 e. The number of fused-ring (bicyclic) bond motifs is 2. The third kappa shape index (κ3) is 3.05. The van der Waals surface area contributed by atoms with Crippen molar-refractivity contribution in [1.29, 1.82) is 0 Å². The van der Waals surface area contributed by atoms with Gasteiger partial charge >= 0.3 is 0 Å². The number of carbonyl (C=O) groups is 1. The summed E-state index contributed by atoms with van der Waals surface area (Å²) in [6.45, 7) is 4.36. The van der Waals surface area contributed by atoms with Crippen LogP contribution in [0.3, 0.4) is 0 Å². The number of benzene rings is 2. The number of anilines is 2. The Morgan fingerprint density at radius 3 is 2.68 bits per heavy atom. The number of carbonyl (C=O) groups excluding carboxylic acids is 1. The Kier molecular flexibility index (Phi) is 4.51. The first kappa shape index (κ1) is 18.9. The second kappa shape index (κ2) is 7.40. The minimum Gasteiger partial charge on any atom is -0.382 e. The highest BCUT2D eigenvalue weighted by Crippen LogP contribution is 2.46. The molecule has 2 aromatic carbocycles. The van der Waals surface area contributed by atoms with Crippen molar-refractivity contribution < 1.29 is 9.32 Å². The molecule has 1 saturated carbocycles. The first-order valence-corrected chi connectivity index (χ1v) is 11.8. The predicted molar refractivity (Wildman–Crippen MR) is 124 cm³/mol. The van der Waals surface area contributed by atoms with Crippen molar-refractivity contribution >= 4 is 28.1 Å². The molecule has 6 rings (SSSR count). The molecule has 1 atom stereocenters. The van der Waals surface area contributed by atoms with Crippen LogP contribution in [0.25, 0.3) is 22.2 Å². The van der Waals surface area contributed by atoms with E-state index in [1.54, 1.807) is 0 Å². The lowest BCUT2D eigenvalue weighted by atomic mass is 9.85. The Morgan fingerprint density at radius 1 is 1.06 bits per heavy atom. The van der Waals surface area contributed by atoms with Gasteiger partial charge in [-0.1, -0.05) is 55.6 Å². The monoisotopic (exact) mass is 415 g/mol. The largest absolute Gasteiger partial charge is 0.382 e. The molecule has 1 N–H and O–H groups in total. The van der Waals surface area contributed by atoms with Crippen molar-refractivity contribution in [3.05, 3.63) is 41.5 Å². The first-order valence-electron chi connectivity index (χ1n) is 11.8. The van der Waals surface area contributed by atoms with Gasteiger partial charge in [-0.2, -0.15) is 0 Å². The maximum absolute atomic E-state index is 13.7. The minimum atomic E-state index is 0.0770. The molecular formula is C26H29N3O2. The molecule has 1 aromatic heterocycles. The van der Waals surface area contributed by atoms with Crippen LogP contribution in [-0.2, 0) is 0 Å². The summed E-state index contributed by atoms with van der Waals surface area (Å²) >= 11 is 0. The summed E-state index contributed by atoms with van der Waals surface area (Å²) in [5, 5.41) is 9.18. The average Bonchev–Trinajstić information content (AvgIpc) is 3.24. The fraction of sp³-hybridized carbons (Fsp3) is 0.462. The van der Waals surface area contributed by atoms with Gasteiger partial charge in [-0.05, 0) is 37.7 Å². The Labute approximate surface area is 182 Å². The molecule has 3 aliphatic rings. The summed E-state index contributed by atoms with van der Waals surface area (Å²) < 4.78 is 5.92. The van der Waals surface area contributed by atoms with Crippen LogP contribution in [0, 0.1) is 5.92 Å². The van der Waals surface area contributed by atoms with E-state index in [1.807, 2.05) is 24.3 Å². The minimum absolute atomic E-state index is 0.0770. The fourth-order valence-electron chi connectivity index (χ4n) is 5.77. The van der Waals surface area contributed by atoms with E-state index in [-0.39, 0.29) is 5.78 Å². The number of nitrogens with one attached hydrogen (secondary N) is 1. The topological polar surface area (TPSA) is 58.4 Å². The van der Waals surface area contributed by atoms with Crippen molar-refractivity contribution in [3.63, 3.8) is 0 Å². The molecule has 2 aliphatic carbocycles. The SMILES string of the molecule is C[C@H]1CCCN(c2cc(NC3CCCCC3)c3c4c(onc24)-c2ccccc2C3=O)C1. The van der Waals surface area contributed by atoms with Crippen molar-refractivity contribution in [3.8, 4) is 11.3 Å². The van der Waals surface area contributed by atoms with Crippen LogP contribution < -0.4 is 10.2 Å². The predicted octanol–water partition coefficient (Wildman–Crippen LogP) is 6.02. The standard InChI is InChI=1S/C26H29N3O2/c1-16-8-7-13-29(15-16)21-14-20(27-17-9-3-2-4-10-17)22-23-24(21)28-31-26(23)19-12-6-5-11-18(19)25(22)30/h5-6,11-12,14,16-17,27H,2-4,7-10,13,15H2,1H3/t16-/m0/s1. The molecule has 3 aromatic rings. The molecule has 0 unspecified atom stereocenters. The van der Waals surface area contributed by atoms with Crippen molar-refractivity contribution in [1.82, 2.24) is 5.16 Å². The number of hydrogen-bond acceptors (Lipinski definition) is 5. The molecule has 2 heterocycles. The second-order valence-corrected chi connectivity index (χ2v) is 9.60. The zero-order valence-corrected chi connectivity index (χ0v) is 18.1. The summed E-state index contributed by atoms with van der Waals surface area (Å²) in [6, 6.07) is 10.4. The molecule has 160 valence electrons. The number of nitrogens with zero attached hydrogens (tertiary/aromatic N) is 2. The average molecular weight is 416 g/mol. The summed E-state index contributed by atoms with van der Waals surface area (Å²) in [4.78, 5) is 16.1. The van der Waals surface area contributed by atoms with Crippen LogP contribution in [0.2, 0.25) is 0 Å². The van der Waals surface area contributed by atoms with Crippen LogP contribution in [0.1, 0.15) is 67.8 Å². The molecule has 1 aliphatic heterocycles. The van der Waals surface area contributed by atoms with Crippen LogP contribution in [0.15, 0.2) is 34.9 Å². The quantitative estimate of drug-likeness (QED) is 0.443. The molecule has 5 heteroatoms. The molecular weight excluding hydrogens is 386 g/mol. The molecule has 2 fully saturated rings. The Bertz CT molecular complexity index is 1160. The molecule has 5 nitrogen and oxygen atoms in total. The van der Waals surface area contributed by atoms with Gasteiger partial charge in [0.2, 0.25) is 0 Å². The van der Waals surface area contributed by atoms with Gasteiger partial charge in [0.25, 0.3) is 0 Å². The molecule has 1 saturated heterocycles. The first-order chi connectivity index (χ1) is 15.2. The molecule has 0 radical (unpaired) electrons. The van der Waals surface area contributed by atoms with Crippen molar-refractivity contribution in [2.75, 3.05) is 23.3 Å². The number of rotatable bonds is 3. The van der Waals surface area contributed by atoms with Gasteiger partial charge in [0.15, 0.2) is 11.5 Å². The van der Waals surface area contributed by atoms with Gasteiger partial charge in [0.1, 0.15) is 5.52 Å². The van der Waals surface area contributed by atoms with Crippen LogP contribution in [0.4, 0.5) is 11.4 Å². The second-order valence-electron chi connectivity index (χ2n) is 9.60. The highest BCUT2D eigenvalue weighted by Gasteiger charge is 2.34. The van der Waals surface area contributed by atoms with E-state index < -0.39 is 0 Å². The van der Waals surface area contributed by atoms with Crippen molar-refractivity contribution in [2.24, 2.45) is 5.92 Å². The van der Waals surface area contributed by atoms with Crippen molar-refractivity contribution in [2.45, 2.75) is 57.9 Å². The summed E-state index contributed by atoms with van der Waals surface area (Å²) in [5.41, 5.74) is 5.19. The third-order valence-corrected chi connectivity index (χ3v) is 7.34. The summed E-state index contributed by atoms with van der Waals surface area (Å²) in [5.74, 6) is 1.46. The van der Waals surface area contributed by atoms with Gasteiger partial charge in [-0.25, -0.2) is 0 Å². The normalized spacial score (nSPS) is 21.4. The zero-order valence-electron chi connectivity index (χ0n) is 18.1. The van der Waals surface area contributed by atoms with E-state index in [9.17, 15) is 4.79 Å². The van der Waals surface area contributed by atoms with E-state index in [4.69, 9.17) is 4.52 Å². The van der Waals surface area contributed by atoms with E-state index in [0.29, 0.717) is 17.5 Å². The van der Waals surface area contributed by atoms with Crippen LogP contribution >= 0.6 is 0 Å². The summed E-state index contributed by atoms with van der Waals surface area (Å²) in [7, 11) is 0. The highest BCUT2D eigenvalue weighted by atomic mass is 16.5. The smallest absolute Gasteiger partial charge is 0.196 e. The Balaban J connectivity index is 1.56. The van der Waals surface area contributed by atoms with E-state index in [1.165, 1.54) is 32.1 Å². The molecule has 31 heavy (non-hydrogen) atoms. The lowest BCUT2D eigenvalue weighted by Crippen LogP contribution is -2.34. The molecule has 0 spiro atoms. The number of aromatic nitrogens is 1. The maximum atomic E-state index is 13.7. The highest BCUT2D eigenvalue weighted by molar-refractivity contribution is 6.28. The van der Waals surface area contributed by atoms with E-state index >= 15 is 0 Å². The molecule has 0 amide bonds. The van der Waals surface area contributed by atoms with Crippen LogP contribution in [0.5, 0.6) is 0 Å². The van der Waals surface area contributed by atoms with Crippen LogP contribution in [-0.4, -0.2) is 30.1 Å². The van der Waals surface area contributed by atoms with E-state index in [2.05, 4.69) is 28.4 Å². The Morgan fingerprint density at radius 2 is 1.87 bits per heavy atom.